The number of carbonyl (C=O) groups excluding carboxylic acids is 3. The molecule has 43 heavy (non-hydrogen) atoms. The Morgan fingerprint density at radius 3 is 2.49 bits per heavy atom. The molecule has 2 saturated heterocycles. The molecule has 7 nitrogen and oxygen atoms in total. The van der Waals surface area contributed by atoms with Crippen molar-refractivity contribution >= 4 is 28.9 Å². The van der Waals surface area contributed by atoms with E-state index in [4.69, 9.17) is 0 Å². The molecule has 0 aliphatic carbocycles. The Morgan fingerprint density at radius 2 is 1.77 bits per heavy atom. The zero-order chi connectivity index (χ0) is 30.5. The zero-order valence-electron chi connectivity index (χ0n) is 25.4. The van der Waals surface area contributed by atoms with Crippen LogP contribution in [-0.4, -0.2) is 63.2 Å². The van der Waals surface area contributed by atoms with Crippen LogP contribution in [0.4, 0.5) is 0 Å². The molecule has 228 valence electrons. The summed E-state index contributed by atoms with van der Waals surface area (Å²) in [5, 5.41) is 14.6. The Labute approximate surface area is 258 Å². The Balaban J connectivity index is 1.34. The third kappa shape index (κ3) is 7.42. The van der Waals surface area contributed by atoms with Gasteiger partial charge < -0.3 is 14.9 Å². The third-order valence-electron chi connectivity index (χ3n) is 8.71. The first kappa shape index (κ1) is 31.1. The van der Waals surface area contributed by atoms with Crippen LogP contribution in [0.1, 0.15) is 89.0 Å². The smallest absolute Gasteiger partial charge is 0.254 e. The highest BCUT2D eigenvalue weighted by atomic mass is 32.1. The number of hydrogen-bond donors (Lipinski definition) is 1. The highest BCUT2D eigenvalue weighted by molar-refractivity contribution is 7.09. The summed E-state index contributed by atoms with van der Waals surface area (Å²) in [7, 11) is 0. The van der Waals surface area contributed by atoms with Gasteiger partial charge in [0.2, 0.25) is 5.91 Å². The van der Waals surface area contributed by atoms with Crippen LogP contribution >= 0.6 is 11.3 Å². The molecular weight excluding hydrogens is 558 g/mol. The molecule has 3 heterocycles. The Bertz CT molecular complexity index is 1420. The van der Waals surface area contributed by atoms with Gasteiger partial charge in [0, 0.05) is 48.3 Å². The number of thiazole rings is 1. The van der Waals surface area contributed by atoms with Gasteiger partial charge in [0.25, 0.3) is 5.91 Å². The van der Waals surface area contributed by atoms with E-state index in [1.165, 1.54) is 0 Å². The molecule has 2 fully saturated rings. The number of ketones is 1. The van der Waals surface area contributed by atoms with Crippen LogP contribution < -0.4 is 0 Å². The predicted molar refractivity (Wildman–Crippen MR) is 169 cm³/mol. The fourth-order valence-corrected chi connectivity index (χ4v) is 7.55. The lowest BCUT2D eigenvalue weighted by Gasteiger charge is -2.37. The Morgan fingerprint density at radius 1 is 1.02 bits per heavy atom. The van der Waals surface area contributed by atoms with E-state index in [0.29, 0.717) is 49.5 Å². The lowest BCUT2D eigenvalue weighted by molar-refractivity contribution is -0.145. The number of amides is 2. The standard InChI is InChI=1S/C35H43N3O4S/c1-23(2)21-37-16-8-14-29(35(37)42)32(40)28(18-25-10-5-4-6-11-25)20-31(39)26-12-7-13-27(19-26)34(41)38-17-9-15-30(38)33-36-24(3)22-43-33/h4-7,10-13,19,22-23,28-30,32,40H,8-9,14-18,20-21H2,1-3H3/t28-,29+,30-,32+/m1/s1. The molecule has 2 aliphatic heterocycles. The van der Waals surface area contributed by atoms with E-state index in [1.54, 1.807) is 35.6 Å². The summed E-state index contributed by atoms with van der Waals surface area (Å²) in [4.78, 5) is 49.2. The molecule has 0 unspecified atom stereocenters. The summed E-state index contributed by atoms with van der Waals surface area (Å²) in [6, 6.07) is 16.7. The highest BCUT2D eigenvalue weighted by Crippen LogP contribution is 2.35. The van der Waals surface area contributed by atoms with Crippen LogP contribution in [0.25, 0.3) is 0 Å². The summed E-state index contributed by atoms with van der Waals surface area (Å²) in [5.41, 5.74) is 2.91. The topological polar surface area (TPSA) is 90.8 Å². The number of aromatic nitrogens is 1. The monoisotopic (exact) mass is 601 g/mol. The third-order valence-corrected chi connectivity index (χ3v) is 9.77. The zero-order valence-corrected chi connectivity index (χ0v) is 26.3. The first-order valence-corrected chi connectivity index (χ1v) is 16.5. The van der Waals surface area contributed by atoms with Gasteiger partial charge in [0.15, 0.2) is 5.78 Å². The molecule has 0 spiro atoms. The number of hydrogen-bond acceptors (Lipinski definition) is 6. The molecule has 2 aromatic carbocycles. The van der Waals surface area contributed by atoms with Crippen molar-refractivity contribution in [3.8, 4) is 0 Å². The first-order valence-electron chi connectivity index (χ1n) is 15.6. The van der Waals surface area contributed by atoms with Crippen molar-refractivity contribution < 1.29 is 19.5 Å². The van der Waals surface area contributed by atoms with E-state index in [0.717, 1.165) is 35.5 Å². The number of aryl methyl sites for hydroxylation is 1. The Kier molecular flexibility index (Phi) is 10.1. The van der Waals surface area contributed by atoms with Crippen molar-refractivity contribution in [3.63, 3.8) is 0 Å². The molecule has 1 N–H and O–H groups in total. The number of carbonyl (C=O) groups is 3. The van der Waals surface area contributed by atoms with Gasteiger partial charge in [-0.2, -0.15) is 0 Å². The second-order valence-electron chi connectivity index (χ2n) is 12.6. The minimum atomic E-state index is -0.941. The van der Waals surface area contributed by atoms with Crippen molar-refractivity contribution in [2.24, 2.45) is 17.8 Å². The van der Waals surface area contributed by atoms with Crippen molar-refractivity contribution in [2.75, 3.05) is 19.6 Å². The van der Waals surface area contributed by atoms with Crippen molar-refractivity contribution in [2.45, 2.75) is 71.4 Å². The first-order chi connectivity index (χ1) is 20.7. The predicted octanol–water partition coefficient (Wildman–Crippen LogP) is 6.12. The van der Waals surface area contributed by atoms with Crippen LogP contribution in [0.15, 0.2) is 60.0 Å². The van der Waals surface area contributed by atoms with Gasteiger partial charge in [-0.25, -0.2) is 4.98 Å². The van der Waals surface area contributed by atoms with Gasteiger partial charge in [0.05, 0.1) is 18.1 Å². The van der Waals surface area contributed by atoms with E-state index in [2.05, 4.69) is 18.8 Å². The lowest BCUT2D eigenvalue weighted by Crippen LogP contribution is -2.49. The molecular formula is C35H43N3O4S. The van der Waals surface area contributed by atoms with Crippen molar-refractivity contribution in [1.82, 2.24) is 14.8 Å². The van der Waals surface area contributed by atoms with E-state index >= 15 is 0 Å². The van der Waals surface area contributed by atoms with Gasteiger partial charge in [-0.3, -0.25) is 14.4 Å². The Hall–Kier alpha value is -3.36. The van der Waals surface area contributed by atoms with Crippen LogP contribution in [0.5, 0.6) is 0 Å². The maximum absolute atomic E-state index is 13.8. The summed E-state index contributed by atoms with van der Waals surface area (Å²) in [6.07, 6.45) is 2.90. The van der Waals surface area contributed by atoms with Gasteiger partial charge in [-0.05, 0) is 68.6 Å². The van der Waals surface area contributed by atoms with Gasteiger partial charge in [-0.1, -0.05) is 56.3 Å². The molecule has 0 bridgehead atoms. The van der Waals surface area contributed by atoms with Crippen molar-refractivity contribution in [3.05, 3.63) is 87.4 Å². The molecule has 0 saturated carbocycles. The number of Topliss-reactive ketones (excluding diaryl/α,β-unsaturated/α-hetero) is 1. The number of benzene rings is 2. The summed E-state index contributed by atoms with van der Waals surface area (Å²) in [6.45, 7) is 8.19. The molecule has 2 aliphatic rings. The molecule has 1 aromatic heterocycles. The second-order valence-corrected chi connectivity index (χ2v) is 13.4. The molecule has 5 rings (SSSR count). The quantitative estimate of drug-likeness (QED) is 0.268. The van der Waals surface area contributed by atoms with Crippen LogP contribution in [0, 0.1) is 24.7 Å². The summed E-state index contributed by atoms with van der Waals surface area (Å²) >= 11 is 1.59. The number of aliphatic hydroxyl groups is 1. The number of aliphatic hydroxyl groups excluding tert-OH is 1. The number of nitrogens with zero attached hydrogens (tertiary/aromatic N) is 3. The highest BCUT2D eigenvalue weighted by Gasteiger charge is 2.39. The van der Waals surface area contributed by atoms with Crippen LogP contribution in [0.2, 0.25) is 0 Å². The van der Waals surface area contributed by atoms with E-state index < -0.39 is 17.9 Å². The fourth-order valence-electron chi connectivity index (χ4n) is 6.61. The minimum absolute atomic E-state index is 0.0128. The molecule has 4 atom stereocenters. The van der Waals surface area contributed by atoms with Crippen LogP contribution in [-0.2, 0) is 11.2 Å². The fraction of sp³-hybridized carbons (Fsp3) is 0.486. The maximum atomic E-state index is 13.8. The molecule has 0 radical (unpaired) electrons. The SMILES string of the molecule is Cc1csc([C@H]2CCCN2C(=O)c2cccc(C(=O)C[C@@H](Cc3ccccc3)[C@H](O)[C@@H]3CCCN(CC(C)C)C3=O)c2)n1. The molecule has 2 amide bonds. The average molecular weight is 602 g/mol. The van der Waals surface area contributed by atoms with Crippen LogP contribution in [0.3, 0.4) is 0 Å². The lowest BCUT2D eigenvalue weighted by atomic mass is 9.79. The minimum Gasteiger partial charge on any atom is -0.392 e. The second kappa shape index (κ2) is 14.0. The molecule has 3 aromatic rings. The van der Waals surface area contributed by atoms with Crippen molar-refractivity contribution in [1.29, 1.82) is 0 Å². The summed E-state index contributed by atoms with van der Waals surface area (Å²) in [5.74, 6) is -0.851. The maximum Gasteiger partial charge on any atom is 0.254 e. The number of likely N-dealkylation sites (tertiary alicyclic amines) is 2. The van der Waals surface area contributed by atoms with E-state index in [9.17, 15) is 19.5 Å². The largest absolute Gasteiger partial charge is 0.392 e. The van der Waals surface area contributed by atoms with Gasteiger partial charge in [-0.15, -0.1) is 11.3 Å². The van der Waals surface area contributed by atoms with E-state index in [-0.39, 0.29) is 30.1 Å². The number of piperidine rings is 1. The normalized spacial score (nSPS) is 20.4. The van der Waals surface area contributed by atoms with E-state index in [1.807, 2.05) is 52.4 Å². The van der Waals surface area contributed by atoms with Gasteiger partial charge in [0.1, 0.15) is 5.01 Å². The average Bonchev–Trinajstić information content (AvgIpc) is 3.66. The number of rotatable bonds is 11. The van der Waals surface area contributed by atoms with Gasteiger partial charge >= 0.3 is 0 Å². The summed E-state index contributed by atoms with van der Waals surface area (Å²) < 4.78 is 0. The molecule has 8 heteroatoms.